The van der Waals surface area contributed by atoms with Gasteiger partial charge in [-0.05, 0) is 43.3 Å². The minimum Gasteiger partial charge on any atom is -0.398 e. The van der Waals surface area contributed by atoms with E-state index in [-0.39, 0.29) is 5.69 Å². The summed E-state index contributed by atoms with van der Waals surface area (Å²) in [6.45, 7) is 4.46. The average Bonchev–Trinajstić information content (AvgIpc) is 2.66. The van der Waals surface area contributed by atoms with E-state index in [2.05, 4.69) is 10.2 Å². The highest BCUT2D eigenvalue weighted by atomic mass is 32.2. The van der Waals surface area contributed by atoms with Gasteiger partial charge in [-0.3, -0.25) is 4.57 Å². The van der Waals surface area contributed by atoms with E-state index < -0.39 is 0 Å². The third-order valence-corrected chi connectivity index (χ3v) is 3.72. The molecular formula is C11H14N4OS. The van der Waals surface area contributed by atoms with Gasteiger partial charge in [0.15, 0.2) is 5.16 Å². The number of hydrogen-bond donors (Lipinski definition) is 2. The molecule has 0 bridgehead atoms. The summed E-state index contributed by atoms with van der Waals surface area (Å²) >= 11 is 1.44. The van der Waals surface area contributed by atoms with Crippen LogP contribution in [0.1, 0.15) is 12.5 Å². The Labute approximate surface area is 103 Å². The minimum atomic E-state index is -0.184. The maximum atomic E-state index is 11.4. The van der Waals surface area contributed by atoms with Crippen molar-refractivity contribution in [3.8, 4) is 0 Å². The van der Waals surface area contributed by atoms with Crippen molar-refractivity contribution in [2.75, 3.05) is 5.73 Å². The summed E-state index contributed by atoms with van der Waals surface area (Å²) in [6, 6.07) is 5.72. The van der Waals surface area contributed by atoms with Crippen LogP contribution in [0.3, 0.4) is 0 Å². The molecule has 0 radical (unpaired) electrons. The van der Waals surface area contributed by atoms with Gasteiger partial charge in [0.25, 0.3) is 0 Å². The molecule has 1 aromatic carbocycles. The molecule has 0 aliphatic rings. The molecule has 0 spiro atoms. The summed E-state index contributed by atoms with van der Waals surface area (Å²) in [7, 11) is 0. The van der Waals surface area contributed by atoms with E-state index in [1.807, 2.05) is 32.0 Å². The van der Waals surface area contributed by atoms with Gasteiger partial charge in [-0.15, -0.1) is 5.10 Å². The molecule has 0 aliphatic heterocycles. The molecule has 0 saturated heterocycles. The predicted octanol–water partition coefficient (Wildman–Crippen LogP) is 1.63. The maximum Gasteiger partial charge on any atom is 0.343 e. The van der Waals surface area contributed by atoms with Gasteiger partial charge in [-0.1, -0.05) is 6.07 Å². The molecule has 3 N–H and O–H groups in total. The molecule has 2 rings (SSSR count). The Morgan fingerprint density at radius 3 is 3.00 bits per heavy atom. The van der Waals surface area contributed by atoms with Crippen LogP contribution in [0, 0.1) is 6.92 Å². The summed E-state index contributed by atoms with van der Waals surface area (Å²) in [4.78, 5) is 12.4. The van der Waals surface area contributed by atoms with Gasteiger partial charge in [0, 0.05) is 17.1 Å². The zero-order chi connectivity index (χ0) is 12.4. The number of nitrogen functional groups attached to an aromatic ring is 1. The third-order valence-electron chi connectivity index (χ3n) is 2.57. The van der Waals surface area contributed by atoms with Crippen molar-refractivity contribution in [3.63, 3.8) is 0 Å². The zero-order valence-corrected chi connectivity index (χ0v) is 10.5. The summed E-state index contributed by atoms with van der Waals surface area (Å²) in [5.74, 6) is 0. The first-order valence-corrected chi connectivity index (χ1v) is 6.13. The van der Waals surface area contributed by atoms with Crippen molar-refractivity contribution >= 4 is 17.4 Å². The fourth-order valence-corrected chi connectivity index (χ4v) is 2.53. The lowest BCUT2D eigenvalue weighted by atomic mass is 10.2. The second kappa shape index (κ2) is 4.67. The first-order valence-electron chi connectivity index (χ1n) is 5.31. The number of nitrogens with one attached hydrogen (secondary N) is 1. The molecule has 17 heavy (non-hydrogen) atoms. The Kier molecular flexibility index (Phi) is 3.23. The molecule has 1 heterocycles. The molecule has 6 heteroatoms. The molecule has 0 atom stereocenters. The van der Waals surface area contributed by atoms with E-state index in [1.165, 1.54) is 11.8 Å². The van der Waals surface area contributed by atoms with Crippen LogP contribution in [0.15, 0.2) is 33.0 Å². The van der Waals surface area contributed by atoms with Crippen molar-refractivity contribution in [1.29, 1.82) is 0 Å². The van der Waals surface area contributed by atoms with Crippen LogP contribution in [-0.2, 0) is 6.54 Å². The number of H-pyrrole nitrogens is 1. The van der Waals surface area contributed by atoms with Crippen molar-refractivity contribution in [3.05, 3.63) is 34.2 Å². The molecule has 90 valence electrons. The topological polar surface area (TPSA) is 76.7 Å². The Hall–Kier alpha value is -1.69. The Morgan fingerprint density at radius 2 is 2.29 bits per heavy atom. The Bertz CT molecular complexity index is 587. The van der Waals surface area contributed by atoms with Gasteiger partial charge in [-0.25, -0.2) is 9.89 Å². The maximum absolute atomic E-state index is 11.4. The standard InChI is InChI=1S/C11H14N4OS/c1-3-15-10(16)13-14-11(15)17-9-6-4-5-8(12)7(9)2/h4-6H,3,12H2,1-2H3,(H,13,16). The number of nitrogens with zero attached hydrogens (tertiary/aromatic N) is 2. The summed E-state index contributed by atoms with van der Waals surface area (Å²) in [6.07, 6.45) is 0. The van der Waals surface area contributed by atoms with Gasteiger partial charge in [-0.2, -0.15) is 0 Å². The summed E-state index contributed by atoms with van der Waals surface area (Å²) in [5.41, 5.74) is 7.41. The van der Waals surface area contributed by atoms with Gasteiger partial charge in [0.05, 0.1) is 0 Å². The Morgan fingerprint density at radius 1 is 1.53 bits per heavy atom. The van der Waals surface area contributed by atoms with Crippen molar-refractivity contribution < 1.29 is 0 Å². The molecule has 2 aromatic rings. The lowest BCUT2D eigenvalue weighted by Gasteiger charge is -2.07. The number of hydrogen-bond acceptors (Lipinski definition) is 4. The third kappa shape index (κ3) is 2.21. The number of rotatable bonds is 3. The SMILES string of the molecule is CCn1c(Sc2cccc(N)c2C)n[nH]c1=O. The quantitative estimate of drug-likeness (QED) is 0.812. The smallest absolute Gasteiger partial charge is 0.343 e. The van der Waals surface area contributed by atoms with Crippen LogP contribution in [0.25, 0.3) is 0 Å². The van der Waals surface area contributed by atoms with Crippen molar-refractivity contribution in [1.82, 2.24) is 14.8 Å². The van der Waals surface area contributed by atoms with Crippen molar-refractivity contribution in [2.24, 2.45) is 0 Å². The fourth-order valence-electron chi connectivity index (χ4n) is 1.50. The number of aromatic nitrogens is 3. The molecule has 0 unspecified atom stereocenters. The van der Waals surface area contributed by atoms with Gasteiger partial charge in [0.2, 0.25) is 0 Å². The molecule has 1 aromatic heterocycles. The number of anilines is 1. The minimum absolute atomic E-state index is 0.184. The molecular weight excluding hydrogens is 236 g/mol. The van der Waals surface area contributed by atoms with Crippen LogP contribution < -0.4 is 11.4 Å². The molecule has 0 aliphatic carbocycles. The lowest BCUT2D eigenvalue weighted by Crippen LogP contribution is -2.16. The predicted molar refractivity (Wildman–Crippen MR) is 68.2 cm³/mol. The Balaban J connectivity index is 2.38. The van der Waals surface area contributed by atoms with Crippen LogP contribution in [0.4, 0.5) is 5.69 Å². The first kappa shape index (κ1) is 11.8. The van der Waals surface area contributed by atoms with Crippen LogP contribution in [-0.4, -0.2) is 14.8 Å². The second-order valence-corrected chi connectivity index (χ2v) is 4.64. The van der Waals surface area contributed by atoms with Gasteiger partial charge >= 0.3 is 5.69 Å². The highest BCUT2D eigenvalue weighted by Gasteiger charge is 2.10. The zero-order valence-electron chi connectivity index (χ0n) is 9.73. The molecule has 0 saturated carbocycles. The number of aromatic amines is 1. The normalized spacial score (nSPS) is 10.7. The number of nitrogens with two attached hydrogens (primary N) is 1. The first-order chi connectivity index (χ1) is 8.13. The van der Waals surface area contributed by atoms with E-state index in [0.717, 1.165) is 16.1 Å². The highest BCUT2D eigenvalue weighted by molar-refractivity contribution is 7.99. The van der Waals surface area contributed by atoms with E-state index in [9.17, 15) is 4.79 Å². The lowest BCUT2D eigenvalue weighted by molar-refractivity contribution is 0.660. The average molecular weight is 250 g/mol. The number of benzene rings is 1. The molecule has 0 amide bonds. The largest absolute Gasteiger partial charge is 0.398 e. The van der Waals surface area contributed by atoms with Crippen LogP contribution >= 0.6 is 11.8 Å². The fraction of sp³-hybridized carbons (Fsp3) is 0.273. The summed E-state index contributed by atoms with van der Waals surface area (Å²) in [5, 5.41) is 7.11. The summed E-state index contributed by atoms with van der Waals surface area (Å²) < 4.78 is 1.59. The van der Waals surface area contributed by atoms with Crippen LogP contribution in [0.2, 0.25) is 0 Å². The van der Waals surface area contributed by atoms with E-state index in [1.54, 1.807) is 4.57 Å². The molecule has 5 nitrogen and oxygen atoms in total. The highest BCUT2D eigenvalue weighted by Crippen LogP contribution is 2.30. The van der Waals surface area contributed by atoms with E-state index in [4.69, 9.17) is 5.73 Å². The van der Waals surface area contributed by atoms with E-state index in [0.29, 0.717) is 11.7 Å². The van der Waals surface area contributed by atoms with Gasteiger partial charge < -0.3 is 5.73 Å². The van der Waals surface area contributed by atoms with Gasteiger partial charge in [0.1, 0.15) is 0 Å². The van der Waals surface area contributed by atoms with Crippen LogP contribution in [0.5, 0.6) is 0 Å². The second-order valence-electron chi connectivity index (χ2n) is 3.63. The monoisotopic (exact) mass is 250 g/mol. The van der Waals surface area contributed by atoms with E-state index >= 15 is 0 Å². The molecule has 0 fully saturated rings. The van der Waals surface area contributed by atoms with Crippen molar-refractivity contribution in [2.45, 2.75) is 30.4 Å².